The molecule has 0 atom stereocenters. The summed E-state index contributed by atoms with van der Waals surface area (Å²) >= 11 is 3.39. The topological polar surface area (TPSA) is 61.6 Å². The van der Waals surface area contributed by atoms with Gasteiger partial charge in [0.25, 0.3) is 5.69 Å². The van der Waals surface area contributed by atoms with Crippen molar-refractivity contribution in [2.45, 2.75) is 6.61 Å². The summed E-state index contributed by atoms with van der Waals surface area (Å²) in [7, 11) is 1.59. The molecule has 5 nitrogen and oxygen atoms in total. The van der Waals surface area contributed by atoms with Gasteiger partial charge < -0.3 is 9.47 Å². The summed E-state index contributed by atoms with van der Waals surface area (Å²) in [6, 6.07) is 11.7. The molecular formula is C14H12BrNO4. The van der Waals surface area contributed by atoms with Gasteiger partial charge in [0.05, 0.1) is 16.5 Å². The number of hydrogen-bond acceptors (Lipinski definition) is 4. The van der Waals surface area contributed by atoms with Gasteiger partial charge in [0.2, 0.25) is 0 Å². The number of nitro groups is 1. The normalized spacial score (nSPS) is 10.1. The lowest BCUT2D eigenvalue weighted by Gasteiger charge is -2.09. The van der Waals surface area contributed by atoms with E-state index in [1.807, 2.05) is 0 Å². The molecule has 20 heavy (non-hydrogen) atoms. The quantitative estimate of drug-likeness (QED) is 0.612. The Morgan fingerprint density at radius 3 is 2.70 bits per heavy atom. The predicted molar refractivity (Wildman–Crippen MR) is 78.1 cm³/mol. The monoisotopic (exact) mass is 337 g/mol. The van der Waals surface area contributed by atoms with Crippen molar-refractivity contribution in [2.24, 2.45) is 0 Å². The maximum Gasteiger partial charge on any atom is 0.269 e. The fourth-order valence-corrected chi connectivity index (χ4v) is 2.12. The molecular weight excluding hydrogens is 326 g/mol. The van der Waals surface area contributed by atoms with Crippen molar-refractivity contribution in [2.75, 3.05) is 7.11 Å². The summed E-state index contributed by atoms with van der Waals surface area (Å²) in [5, 5.41) is 10.7. The number of hydrogen-bond donors (Lipinski definition) is 0. The Bertz CT molecular complexity index is 630. The van der Waals surface area contributed by atoms with Gasteiger partial charge in [-0.05, 0) is 39.7 Å². The average molecular weight is 338 g/mol. The number of benzene rings is 2. The fraction of sp³-hybridized carbons (Fsp3) is 0.143. The average Bonchev–Trinajstić information content (AvgIpc) is 2.46. The number of nitro benzene ring substituents is 1. The molecule has 0 saturated heterocycles. The van der Waals surface area contributed by atoms with Crippen molar-refractivity contribution in [3.63, 3.8) is 0 Å². The van der Waals surface area contributed by atoms with Crippen LogP contribution in [0.3, 0.4) is 0 Å². The summed E-state index contributed by atoms with van der Waals surface area (Å²) in [5.41, 5.74) is 0.793. The highest BCUT2D eigenvalue weighted by Gasteiger charge is 2.07. The van der Waals surface area contributed by atoms with Crippen molar-refractivity contribution in [1.82, 2.24) is 0 Å². The Labute approximate surface area is 124 Å². The second-order valence-corrected chi connectivity index (χ2v) is 4.87. The van der Waals surface area contributed by atoms with Gasteiger partial charge >= 0.3 is 0 Å². The predicted octanol–water partition coefficient (Wildman–Crippen LogP) is 3.94. The molecule has 0 unspecified atom stereocenters. The molecule has 0 aliphatic rings. The van der Waals surface area contributed by atoms with Gasteiger partial charge in [0, 0.05) is 12.1 Å². The van der Waals surface area contributed by atoms with Crippen LogP contribution in [-0.2, 0) is 6.61 Å². The van der Waals surface area contributed by atoms with Crippen LogP contribution >= 0.6 is 15.9 Å². The molecule has 0 bridgehead atoms. The van der Waals surface area contributed by atoms with Crippen molar-refractivity contribution in [3.8, 4) is 11.5 Å². The minimum absolute atomic E-state index is 0.0555. The second kappa shape index (κ2) is 6.38. The van der Waals surface area contributed by atoms with E-state index in [9.17, 15) is 10.1 Å². The first-order valence-corrected chi connectivity index (χ1v) is 6.59. The molecule has 2 aromatic rings. The first-order chi connectivity index (χ1) is 9.60. The largest absolute Gasteiger partial charge is 0.497 e. The molecule has 0 aromatic heterocycles. The molecule has 6 heteroatoms. The molecule has 0 saturated carbocycles. The van der Waals surface area contributed by atoms with Gasteiger partial charge in [0.1, 0.15) is 18.1 Å². The Morgan fingerprint density at radius 1 is 1.25 bits per heavy atom. The zero-order valence-electron chi connectivity index (χ0n) is 10.7. The van der Waals surface area contributed by atoms with Crippen LogP contribution in [0, 0.1) is 10.1 Å². The Hall–Kier alpha value is -2.08. The summed E-state index contributed by atoms with van der Waals surface area (Å²) in [6.45, 7) is 0.257. The van der Waals surface area contributed by atoms with Gasteiger partial charge in [-0.15, -0.1) is 0 Å². The molecule has 0 amide bonds. The Kier molecular flexibility index (Phi) is 4.57. The summed E-state index contributed by atoms with van der Waals surface area (Å²) in [4.78, 5) is 10.3. The van der Waals surface area contributed by atoms with Gasteiger partial charge in [-0.25, -0.2) is 0 Å². The van der Waals surface area contributed by atoms with Crippen LogP contribution in [0.4, 0.5) is 5.69 Å². The van der Waals surface area contributed by atoms with E-state index in [1.54, 1.807) is 37.4 Å². The summed E-state index contributed by atoms with van der Waals surface area (Å²) < 4.78 is 11.5. The zero-order chi connectivity index (χ0) is 14.5. The molecule has 0 N–H and O–H groups in total. The number of methoxy groups -OCH3 is 1. The lowest BCUT2D eigenvalue weighted by Crippen LogP contribution is -1.97. The van der Waals surface area contributed by atoms with E-state index in [0.29, 0.717) is 5.75 Å². The number of non-ortho nitro benzene ring substituents is 1. The van der Waals surface area contributed by atoms with E-state index in [4.69, 9.17) is 9.47 Å². The minimum Gasteiger partial charge on any atom is -0.497 e. The highest BCUT2D eigenvalue weighted by atomic mass is 79.9. The molecule has 0 fully saturated rings. The summed E-state index contributed by atoms with van der Waals surface area (Å²) in [5.74, 6) is 1.37. The van der Waals surface area contributed by atoms with E-state index >= 15 is 0 Å². The van der Waals surface area contributed by atoms with Crippen molar-refractivity contribution < 1.29 is 14.4 Å². The fourth-order valence-electron chi connectivity index (χ4n) is 1.65. The van der Waals surface area contributed by atoms with Crippen LogP contribution in [0.15, 0.2) is 46.9 Å². The smallest absolute Gasteiger partial charge is 0.269 e. The van der Waals surface area contributed by atoms with E-state index in [1.165, 1.54) is 12.1 Å². The van der Waals surface area contributed by atoms with E-state index in [-0.39, 0.29) is 12.3 Å². The first-order valence-electron chi connectivity index (χ1n) is 5.80. The maximum atomic E-state index is 10.7. The van der Waals surface area contributed by atoms with E-state index in [2.05, 4.69) is 15.9 Å². The Morgan fingerprint density at radius 2 is 2.05 bits per heavy atom. The third-order valence-corrected chi connectivity index (χ3v) is 3.27. The van der Waals surface area contributed by atoms with Crippen LogP contribution in [0.1, 0.15) is 5.56 Å². The summed E-state index contributed by atoms with van der Waals surface area (Å²) in [6.07, 6.45) is 0. The molecule has 0 aliphatic carbocycles. The molecule has 104 valence electrons. The van der Waals surface area contributed by atoms with Gasteiger partial charge in [0.15, 0.2) is 0 Å². The third-order valence-electron chi connectivity index (χ3n) is 2.65. The van der Waals surface area contributed by atoms with Gasteiger partial charge in [-0.2, -0.15) is 0 Å². The molecule has 0 heterocycles. The second-order valence-electron chi connectivity index (χ2n) is 4.01. The lowest BCUT2D eigenvalue weighted by molar-refractivity contribution is -0.384. The van der Waals surface area contributed by atoms with Crippen LogP contribution in [0.2, 0.25) is 0 Å². The van der Waals surface area contributed by atoms with Crippen LogP contribution in [0.5, 0.6) is 11.5 Å². The number of ether oxygens (including phenoxy) is 2. The zero-order valence-corrected chi connectivity index (χ0v) is 12.3. The molecule has 2 rings (SSSR count). The van der Waals surface area contributed by atoms with Crippen molar-refractivity contribution >= 4 is 21.6 Å². The standard InChI is InChI=1S/C14H12BrNO4/c1-19-12-5-6-14(13(15)8-12)20-9-10-3-2-4-11(7-10)16(17)18/h2-8H,9H2,1H3. The third kappa shape index (κ3) is 3.48. The van der Waals surface area contributed by atoms with Gasteiger partial charge in [-0.3, -0.25) is 10.1 Å². The van der Waals surface area contributed by atoms with E-state index in [0.717, 1.165) is 15.8 Å². The minimum atomic E-state index is -0.424. The molecule has 0 aliphatic heterocycles. The molecule has 2 aromatic carbocycles. The van der Waals surface area contributed by atoms with Crippen molar-refractivity contribution in [3.05, 3.63) is 62.6 Å². The number of rotatable bonds is 5. The van der Waals surface area contributed by atoms with Crippen LogP contribution < -0.4 is 9.47 Å². The lowest BCUT2D eigenvalue weighted by atomic mass is 10.2. The molecule has 0 radical (unpaired) electrons. The highest BCUT2D eigenvalue weighted by Crippen LogP contribution is 2.29. The number of halogens is 1. The van der Waals surface area contributed by atoms with Crippen molar-refractivity contribution in [1.29, 1.82) is 0 Å². The maximum absolute atomic E-state index is 10.7. The van der Waals surface area contributed by atoms with E-state index < -0.39 is 4.92 Å². The van der Waals surface area contributed by atoms with Gasteiger partial charge in [-0.1, -0.05) is 12.1 Å². The Balaban J connectivity index is 2.09. The highest BCUT2D eigenvalue weighted by molar-refractivity contribution is 9.10. The SMILES string of the molecule is COc1ccc(OCc2cccc([N+](=O)[O-])c2)c(Br)c1. The van der Waals surface area contributed by atoms with Crippen LogP contribution in [0.25, 0.3) is 0 Å². The first kappa shape index (κ1) is 14.3. The van der Waals surface area contributed by atoms with Crippen LogP contribution in [-0.4, -0.2) is 12.0 Å². The molecule has 0 spiro atoms. The number of nitrogens with zero attached hydrogens (tertiary/aromatic N) is 1.